The van der Waals surface area contributed by atoms with Crippen LogP contribution in [0.1, 0.15) is 31.7 Å². The molecule has 7 nitrogen and oxygen atoms in total. The number of carbonyl (C=O) groups is 3. The zero-order chi connectivity index (χ0) is 20.1. The van der Waals surface area contributed by atoms with Crippen LogP contribution in [0.3, 0.4) is 0 Å². The van der Waals surface area contributed by atoms with Gasteiger partial charge in [-0.25, -0.2) is 4.79 Å². The monoisotopic (exact) mass is 387 g/mol. The molecule has 0 saturated carbocycles. The van der Waals surface area contributed by atoms with Gasteiger partial charge < -0.3 is 19.4 Å². The van der Waals surface area contributed by atoms with E-state index in [4.69, 9.17) is 4.74 Å². The fourth-order valence-electron chi connectivity index (χ4n) is 4.07. The van der Waals surface area contributed by atoms with Gasteiger partial charge in [0.05, 0.1) is 12.5 Å². The molecule has 2 aliphatic heterocycles. The fraction of sp³-hybridized carbons (Fsp3) is 0.571. The summed E-state index contributed by atoms with van der Waals surface area (Å²) in [6.07, 6.45) is 1.44. The van der Waals surface area contributed by atoms with Crippen molar-refractivity contribution >= 4 is 17.9 Å². The topological polar surface area (TPSA) is 70.2 Å². The van der Waals surface area contributed by atoms with E-state index in [-0.39, 0.29) is 36.3 Å². The van der Waals surface area contributed by atoms with Gasteiger partial charge >= 0.3 is 6.09 Å². The first kappa shape index (κ1) is 20.2. The van der Waals surface area contributed by atoms with Gasteiger partial charge in [0, 0.05) is 45.7 Å². The average molecular weight is 387 g/mol. The van der Waals surface area contributed by atoms with Crippen LogP contribution in [-0.2, 0) is 20.9 Å². The maximum absolute atomic E-state index is 12.8. The molecule has 0 N–H and O–H groups in total. The van der Waals surface area contributed by atoms with E-state index in [0.29, 0.717) is 32.8 Å². The standard InChI is InChI=1S/C21H29N3O4/c1-3-28-21(27)23-11-9-18(10-12-23)24-15-17(13-19(24)25)20(26)22(2)14-16-7-5-4-6-8-16/h4-8,17-18H,3,9-15H2,1-2H3. The molecular formula is C21H29N3O4. The third kappa shape index (κ3) is 4.64. The summed E-state index contributed by atoms with van der Waals surface area (Å²) >= 11 is 0. The van der Waals surface area contributed by atoms with Crippen molar-refractivity contribution in [1.29, 1.82) is 0 Å². The summed E-state index contributed by atoms with van der Waals surface area (Å²) in [5.41, 5.74) is 1.07. The number of carbonyl (C=O) groups excluding carboxylic acids is 3. The number of piperidine rings is 1. The van der Waals surface area contributed by atoms with Crippen molar-refractivity contribution in [2.24, 2.45) is 5.92 Å². The van der Waals surface area contributed by atoms with Crippen molar-refractivity contribution in [1.82, 2.24) is 14.7 Å². The Bertz CT molecular complexity index is 701. The van der Waals surface area contributed by atoms with Crippen LogP contribution in [0.5, 0.6) is 0 Å². The molecular weight excluding hydrogens is 358 g/mol. The Morgan fingerprint density at radius 3 is 2.50 bits per heavy atom. The second-order valence-corrected chi connectivity index (χ2v) is 7.54. The molecule has 0 aliphatic carbocycles. The molecule has 2 fully saturated rings. The largest absolute Gasteiger partial charge is 0.450 e. The van der Waals surface area contributed by atoms with Crippen molar-refractivity contribution in [3.05, 3.63) is 35.9 Å². The molecule has 0 radical (unpaired) electrons. The third-order valence-corrected chi connectivity index (χ3v) is 5.58. The van der Waals surface area contributed by atoms with Gasteiger partial charge in [-0.15, -0.1) is 0 Å². The molecule has 2 aliphatic rings. The summed E-state index contributed by atoms with van der Waals surface area (Å²) in [5, 5.41) is 0. The van der Waals surface area contributed by atoms with Crippen molar-refractivity contribution in [3.63, 3.8) is 0 Å². The summed E-state index contributed by atoms with van der Waals surface area (Å²) in [7, 11) is 1.79. The molecule has 0 aromatic heterocycles. The summed E-state index contributed by atoms with van der Waals surface area (Å²) in [5.74, 6) is -0.228. The molecule has 2 saturated heterocycles. The summed E-state index contributed by atoms with van der Waals surface area (Å²) in [4.78, 5) is 42.4. The molecule has 3 amide bonds. The van der Waals surface area contributed by atoms with Crippen molar-refractivity contribution in [3.8, 4) is 0 Å². The number of hydrogen-bond acceptors (Lipinski definition) is 4. The molecule has 0 bridgehead atoms. The smallest absolute Gasteiger partial charge is 0.409 e. The minimum atomic E-state index is -0.288. The molecule has 1 aromatic carbocycles. The van der Waals surface area contributed by atoms with Crippen molar-refractivity contribution < 1.29 is 19.1 Å². The Hall–Kier alpha value is -2.57. The van der Waals surface area contributed by atoms with Crippen molar-refractivity contribution in [2.75, 3.05) is 33.3 Å². The first-order valence-corrected chi connectivity index (χ1v) is 9.99. The molecule has 152 valence electrons. The quantitative estimate of drug-likeness (QED) is 0.776. The number of hydrogen-bond donors (Lipinski definition) is 0. The van der Waals surface area contributed by atoms with Crippen LogP contribution in [0.2, 0.25) is 0 Å². The number of nitrogens with zero attached hydrogens (tertiary/aromatic N) is 3. The Balaban J connectivity index is 1.52. The highest BCUT2D eigenvalue weighted by atomic mass is 16.6. The minimum absolute atomic E-state index is 0.0173. The molecule has 0 spiro atoms. The third-order valence-electron chi connectivity index (χ3n) is 5.58. The van der Waals surface area contributed by atoms with E-state index >= 15 is 0 Å². The van der Waals surface area contributed by atoms with Crippen LogP contribution in [0.25, 0.3) is 0 Å². The maximum Gasteiger partial charge on any atom is 0.409 e. The van der Waals surface area contributed by atoms with Crippen LogP contribution < -0.4 is 0 Å². The Morgan fingerprint density at radius 1 is 1.18 bits per heavy atom. The fourth-order valence-corrected chi connectivity index (χ4v) is 4.07. The van der Waals surface area contributed by atoms with Gasteiger partial charge in [-0.2, -0.15) is 0 Å². The van der Waals surface area contributed by atoms with E-state index in [1.807, 2.05) is 35.2 Å². The summed E-state index contributed by atoms with van der Waals surface area (Å²) in [6, 6.07) is 9.94. The van der Waals surface area contributed by atoms with Crippen LogP contribution >= 0.6 is 0 Å². The number of ether oxygens (including phenoxy) is 1. The maximum atomic E-state index is 12.8. The zero-order valence-corrected chi connectivity index (χ0v) is 16.7. The van der Waals surface area contributed by atoms with Gasteiger partial charge in [0.15, 0.2) is 0 Å². The van der Waals surface area contributed by atoms with E-state index in [2.05, 4.69) is 0 Å². The van der Waals surface area contributed by atoms with Crippen molar-refractivity contribution in [2.45, 2.75) is 38.8 Å². The van der Waals surface area contributed by atoms with Gasteiger partial charge in [0.1, 0.15) is 0 Å². The normalized spacial score (nSPS) is 20.4. The predicted molar refractivity (Wildman–Crippen MR) is 104 cm³/mol. The second kappa shape index (κ2) is 9.08. The number of rotatable bonds is 5. The van der Waals surface area contributed by atoms with Gasteiger partial charge in [-0.05, 0) is 25.3 Å². The van der Waals surface area contributed by atoms with Gasteiger partial charge in [-0.3, -0.25) is 9.59 Å². The van der Waals surface area contributed by atoms with Gasteiger partial charge in [-0.1, -0.05) is 30.3 Å². The number of likely N-dealkylation sites (tertiary alicyclic amines) is 2. The Labute approximate surface area is 166 Å². The highest BCUT2D eigenvalue weighted by Gasteiger charge is 2.40. The average Bonchev–Trinajstić information content (AvgIpc) is 3.10. The Morgan fingerprint density at radius 2 is 1.86 bits per heavy atom. The molecule has 1 atom stereocenters. The highest BCUT2D eigenvalue weighted by molar-refractivity contribution is 5.89. The van der Waals surface area contributed by atoms with E-state index in [1.54, 1.807) is 23.8 Å². The number of amides is 3. The van der Waals surface area contributed by atoms with Gasteiger partial charge in [0.2, 0.25) is 11.8 Å². The summed E-state index contributed by atoms with van der Waals surface area (Å²) < 4.78 is 5.04. The minimum Gasteiger partial charge on any atom is -0.450 e. The SMILES string of the molecule is CCOC(=O)N1CCC(N2CC(C(=O)N(C)Cc3ccccc3)CC2=O)CC1. The van der Waals surface area contributed by atoms with Crippen LogP contribution in [0.15, 0.2) is 30.3 Å². The molecule has 2 heterocycles. The van der Waals surface area contributed by atoms with Gasteiger partial charge in [0.25, 0.3) is 0 Å². The van der Waals surface area contributed by atoms with E-state index in [9.17, 15) is 14.4 Å². The predicted octanol–water partition coefficient (Wildman–Crippen LogP) is 2.11. The molecule has 1 unspecified atom stereocenters. The van der Waals surface area contributed by atoms with Crippen LogP contribution in [-0.4, -0.2) is 71.9 Å². The first-order chi connectivity index (χ1) is 13.5. The molecule has 1 aromatic rings. The molecule has 7 heteroatoms. The summed E-state index contributed by atoms with van der Waals surface area (Å²) in [6.45, 7) is 4.34. The lowest BCUT2D eigenvalue weighted by atomic mass is 10.0. The molecule has 28 heavy (non-hydrogen) atoms. The molecule has 3 rings (SSSR count). The van der Waals surface area contributed by atoms with Crippen LogP contribution in [0.4, 0.5) is 4.79 Å². The number of benzene rings is 1. The lowest BCUT2D eigenvalue weighted by molar-refractivity contribution is -0.135. The zero-order valence-electron chi connectivity index (χ0n) is 16.7. The second-order valence-electron chi connectivity index (χ2n) is 7.54. The van der Waals surface area contributed by atoms with E-state index in [0.717, 1.165) is 18.4 Å². The first-order valence-electron chi connectivity index (χ1n) is 9.99. The Kier molecular flexibility index (Phi) is 6.54. The van der Waals surface area contributed by atoms with E-state index in [1.165, 1.54) is 0 Å². The highest BCUT2D eigenvalue weighted by Crippen LogP contribution is 2.27. The van der Waals surface area contributed by atoms with E-state index < -0.39 is 0 Å². The lowest BCUT2D eigenvalue weighted by Crippen LogP contribution is -2.47. The van der Waals surface area contributed by atoms with Crippen LogP contribution in [0, 0.1) is 5.92 Å². The lowest BCUT2D eigenvalue weighted by Gasteiger charge is -2.36.